The summed E-state index contributed by atoms with van der Waals surface area (Å²) in [6.45, 7) is 2.45. The van der Waals surface area contributed by atoms with E-state index in [0.29, 0.717) is 35.1 Å². The first-order chi connectivity index (χ1) is 14.2. The minimum absolute atomic E-state index is 0.279. The van der Waals surface area contributed by atoms with Crippen molar-refractivity contribution in [3.05, 3.63) is 59.8 Å². The van der Waals surface area contributed by atoms with E-state index in [0.717, 1.165) is 5.56 Å². The summed E-state index contributed by atoms with van der Waals surface area (Å²) in [6, 6.07) is 14.5. The lowest BCUT2D eigenvalue weighted by Gasteiger charge is -2.07. The molecule has 0 atom stereocenters. The Labute approximate surface area is 168 Å². The molecule has 0 aliphatic carbocycles. The fourth-order valence-electron chi connectivity index (χ4n) is 2.70. The molecule has 0 spiro atoms. The molecule has 3 aromatic rings. The summed E-state index contributed by atoms with van der Waals surface area (Å²) in [7, 11) is 3.13. The number of rotatable bonds is 8. The highest BCUT2D eigenvalue weighted by molar-refractivity contribution is 5.94. The fourth-order valence-corrected chi connectivity index (χ4v) is 2.70. The van der Waals surface area contributed by atoms with Gasteiger partial charge in [-0.05, 0) is 43.3 Å². The minimum atomic E-state index is -0.421. The number of methoxy groups -OCH3 is 2. The zero-order valence-electron chi connectivity index (χ0n) is 16.4. The molecule has 29 heavy (non-hydrogen) atoms. The zero-order valence-corrected chi connectivity index (χ0v) is 16.4. The molecular weight excluding hydrogens is 372 g/mol. The largest absolute Gasteiger partial charge is 0.497 e. The number of carbonyl (C=O) groups is 1. The van der Waals surface area contributed by atoms with Crippen molar-refractivity contribution < 1.29 is 19.0 Å². The minimum Gasteiger partial charge on any atom is -0.497 e. The summed E-state index contributed by atoms with van der Waals surface area (Å²) in [5.41, 5.74) is 4.83. The Morgan fingerprint density at radius 1 is 1.14 bits per heavy atom. The van der Waals surface area contributed by atoms with Crippen molar-refractivity contribution in [3.63, 3.8) is 0 Å². The second kappa shape index (κ2) is 9.41. The molecule has 0 unspecified atom stereocenters. The second-order valence-corrected chi connectivity index (χ2v) is 5.90. The van der Waals surface area contributed by atoms with Gasteiger partial charge in [-0.15, -0.1) is 0 Å². The van der Waals surface area contributed by atoms with Crippen LogP contribution in [0.25, 0.3) is 11.3 Å². The van der Waals surface area contributed by atoms with E-state index in [4.69, 9.17) is 14.2 Å². The summed E-state index contributed by atoms with van der Waals surface area (Å²) in [4.78, 5) is 12.4. The first-order valence-electron chi connectivity index (χ1n) is 8.99. The molecule has 1 aromatic heterocycles. The average Bonchev–Trinajstić information content (AvgIpc) is 3.24. The fraction of sp³-hybridized carbons (Fsp3) is 0.190. The molecule has 0 radical (unpaired) electrons. The number of H-pyrrole nitrogens is 1. The van der Waals surface area contributed by atoms with Crippen LogP contribution in [0.15, 0.2) is 53.6 Å². The van der Waals surface area contributed by atoms with Crippen LogP contribution in [0.2, 0.25) is 0 Å². The van der Waals surface area contributed by atoms with E-state index in [1.807, 2.05) is 31.2 Å². The van der Waals surface area contributed by atoms with Crippen LogP contribution < -0.4 is 19.6 Å². The van der Waals surface area contributed by atoms with E-state index >= 15 is 0 Å². The van der Waals surface area contributed by atoms with Gasteiger partial charge in [0.05, 0.1) is 32.7 Å². The summed E-state index contributed by atoms with van der Waals surface area (Å²) in [6.07, 6.45) is 1.49. The molecule has 0 saturated heterocycles. The van der Waals surface area contributed by atoms with Gasteiger partial charge < -0.3 is 14.2 Å². The van der Waals surface area contributed by atoms with Gasteiger partial charge in [0.1, 0.15) is 22.9 Å². The summed E-state index contributed by atoms with van der Waals surface area (Å²) in [5.74, 6) is 1.55. The molecule has 1 amide bonds. The molecular formula is C21H22N4O4. The number of carbonyl (C=O) groups excluding carboxylic acids is 1. The van der Waals surface area contributed by atoms with Gasteiger partial charge in [-0.1, -0.05) is 12.1 Å². The number of amides is 1. The summed E-state index contributed by atoms with van der Waals surface area (Å²) in [5, 5.41) is 10.9. The molecule has 0 saturated carbocycles. The van der Waals surface area contributed by atoms with E-state index in [9.17, 15) is 4.79 Å². The lowest BCUT2D eigenvalue weighted by Crippen LogP contribution is -2.18. The van der Waals surface area contributed by atoms with Crippen LogP contribution in [-0.2, 0) is 0 Å². The Bertz CT molecular complexity index is 1010. The number of aromatic amines is 1. The number of para-hydroxylation sites is 1. The van der Waals surface area contributed by atoms with Gasteiger partial charge in [-0.25, -0.2) is 5.43 Å². The number of hydrogen-bond donors (Lipinski definition) is 2. The maximum absolute atomic E-state index is 12.4. The number of benzene rings is 2. The maximum atomic E-state index is 12.4. The summed E-state index contributed by atoms with van der Waals surface area (Å²) < 4.78 is 16.1. The van der Waals surface area contributed by atoms with Gasteiger partial charge in [-0.3, -0.25) is 9.89 Å². The number of hydrazone groups is 1. The second-order valence-electron chi connectivity index (χ2n) is 5.90. The van der Waals surface area contributed by atoms with Gasteiger partial charge in [-0.2, -0.15) is 10.2 Å². The number of nitrogens with zero attached hydrogens (tertiary/aromatic N) is 2. The van der Waals surface area contributed by atoms with Gasteiger partial charge in [0, 0.05) is 11.1 Å². The molecule has 0 fully saturated rings. The number of nitrogens with one attached hydrogen (secondary N) is 2. The monoisotopic (exact) mass is 394 g/mol. The highest BCUT2D eigenvalue weighted by Gasteiger charge is 2.13. The highest BCUT2D eigenvalue weighted by atomic mass is 16.5. The standard InChI is InChI=1S/C21H22N4O4/c1-4-29-20-8-6-5-7-16(20)17-12-18(24-23-17)21(26)25-22-13-14-11-15(27-2)9-10-19(14)28-3/h5-13H,4H2,1-3H3,(H,23,24)(H,25,26)/b22-13+. The third-order valence-electron chi connectivity index (χ3n) is 4.09. The van der Waals surface area contributed by atoms with E-state index in [2.05, 4.69) is 20.7 Å². The van der Waals surface area contributed by atoms with Crippen LogP contribution in [0.4, 0.5) is 0 Å². The molecule has 2 N–H and O–H groups in total. The molecule has 0 bridgehead atoms. The van der Waals surface area contributed by atoms with Crippen molar-refractivity contribution in [3.8, 4) is 28.5 Å². The topological polar surface area (TPSA) is 97.8 Å². The smallest absolute Gasteiger partial charge is 0.289 e. The Kier molecular flexibility index (Phi) is 6.47. The molecule has 2 aromatic carbocycles. The quantitative estimate of drug-likeness (QED) is 0.451. The third kappa shape index (κ3) is 4.73. The number of hydrogen-bond acceptors (Lipinski definition) is 6. The van der Waals surface area contributed by atoms with E-state index < -0.39 is 5.91 Å². The first kappa shape index (κ1) is 19.9. The van der Waals surface area contributed by atoms with Crippen molar-refractivity contribution in [1.29, 1.82) is 0 Å². The van der Waals surface area contributed by atoms with Gasteiger partial charge in [0.15, 0.2) is 0 Å². The van der Waals surface area contributed by atoms with Gasteiger partial charge in [0.25, 0.3) is 5.91 Å². The Morgan fingerprint density at radius 3 is 2.72 bits per heavy atom. The van der Waals surface area contributed by atoms with Crippen LogP contribution in [0.1, 0.15) is 23.0 Å². The zero-order chi connectivity index (χ0) is 20.6. The average molecular weight is 394 g/mol. The normalized spacial score (nSPS) is 10.7. The maximum Gasteiger partial charge on any atom is 0.289 e. The molecule has 3 rings (SSSR count). The van der Waals surface area contributed by atoms with Crippen molar-refractivity contribution in [2.45, 2.75) is 6.92 Å². The van der Waals surface area contributed by atoms with Crippen LogP contribution in [-0.4, -0.2) is 43.1 Å². The van der Waals surface area contributed by atoms with Crippen LogP contribution >= 0.6 is 0 Å². The Morgan fingerprint density at radius 2 is 1.97 bits per heavy atom. The molecule has 8 nitrogen and oxygen atoms in total. The molecule has 0 aliphatic rings. The number of ether oxygens (including phenoxy) is 3. The molecule has 0 aliphatic heterocycles. The van der Waals surface area contributed by atoms with E-state index in [1.165, 1.54) is 6.21 Å². The predicted molar refractivity (Wildman–Crippen MR) is 110 cm³/mol. The molecule has 1 heterocycles. The van der Waals surface area contributed by atoms with Crippen LogP contribution in [0.5, 0.6) is 17.2 Å². The summed E-state index contributed by atoms with van der Waals surface area (Å²) >= 11 is 0. The Balaban J connectivity index is 1.73. The van der Waals surface area contributed by atoms with Crippen molar-refractivity contribution in [1.82, 2.24) is 15.6 Å². The molecule has 8 heteroatoms. The highest BCUT2D eigenvalue weighted by Crippen LogP contribution is 2.28. The van der Waals surface area contributed by atoms with Gasteiger partial charge in [0.2, 0.25) is 0 Å². The Hall–Kier alpha value is -3.81. The first-order valence-corrected chi connectivity index (χ1v) is 8.99. The van der Waals surface area contributed by atoms with Crippen LogP contribution in [0.3, 0.4) is 0 Å². The van der Waals surface area contributed by atoms with Crippen molar-refractivity contribution in [2.24, 2.45) is 5.10 Å². The van der Waals surface area contributed by atoms with E-state index in [-0.39, 0.29) is 5.69 Å². The van der Waals surface area contributed by atoms with Gasteiger partial charge >= 0.3 is 0 Å². The third-order valence-corrected chi connectivity index (χ3v) is 4.09. The number of aromatic nitrogens is 2. The van der Waals surface area contributed by atoms with Crippen LogP contribution in [0, 0.1) is 0 Å². The van der Waals surface area contributed by atoms with Crippen molar-refractivity contribution >= 4 is 12.1 Å². The SMILES string of the molecule is CCOc1ccccc1-c1cc(C(=O)N/N=C/c2cc(OC)ccc2OC)[nH]n1. The lowest BCUT2D eigenvalue weighted by molar-refractivity contribution is 0.0950. The van der Waals surface area contributed by atoms with Crippen molar-refractivity contribution in [2.75, 3.05) is 20.8 Å². The predicted octanol–water partition coefficient (Wildman–Crippen LogP) is 3.26. The van der Waals surface area contributed by atoms with E-state index in [1.54, 1.807) is 38.5 Å². The molecule has 150 valence electrons. The lowest BCUT2D eigenvalue weighted by atomic mass is 10.1.